The molecule has 0 aliphatic rings. The van der Waals surface area contributed by atoms with Crippen molar-refractivity contribution in [1.82, 2.24) is 0 Å². The van der Waals surface area contributed by atoms with Crippen LogP contribution < -0.4 is 0 Å². The van der Waals surface area contributed by atoms with Gasteiger partial charge in [0.25, 0.3) is 0 Å². The highest BCUT2D eigenvalue weighted by Crippen LogP contribution is 2.17. The van der Waals surface area contributed by atoms with Crippen molar-refractivity contribution in [2.24, 2.45) is 5.92 Å². The van der Waals surface area contributed by atoms with Crippen molar-refractivity contribution < 1.29 is 17.2 Å². The topological polar surface area (TPSA) is 63.6 Å². The lowest BCUT2D eigenvalue weighted by atomic mass is 9.99. The molecule has 4 nitrogen and oxygen atoms in total. The Hall–Kier alpha value is -0.390. The van der Waals surface area contributed by atoms with Gasteiger partial charge in [-0.1, -0.05) is 142 Å². The average Bonchev–Trinajstić information content (AvgIpc) is 2.73. The largest absolute Gasteiger partial charge is 0.397 e. The fourth-order valence-electron chi connectivity index (χ4n) is 3.97. The lowest BCUT2D eigenvalue weighted by molar-refractivity contribution is 0.234. The van der Waals surface area contributed by atoms with E-state index in [0.29, 0.717) is 0 Å². The fourth-order valence-corrected chi connectivity index (χ4v) is 4.32. The van der Waals surface area contributed by atoms with E-state index in [1.165, 1.54) is 96.3 Å². The zero-order valence-electron chi connectivity index (χ0n) is 20.7. The van der Waals surface area contributed by atoms with Crippen LogP contribution in [0.1, 0.15) is 142 Å². The average molecular weight is 461 g/mol. The minimum absolute atomic E-state index is 0.0419. The van der Waals surface area contributed by atoms with E-state index in [1.807, 2.05) is 0 Å². The van der Waals surface area contributed by atoms with Crippen LogP contribution in [0.15, 0.2) is 12.2 Å². The highest BCUT2D eigenvalue weighted by molar-refractivity contribution is 7.80. The second kappa shape index (κ2) is 22.8. The zero-order valence-corrected chi connectivity index (χ0v) is 21.5. The van der Waals surface area contributed by atoms with Crippen LogP contribution in [0.2, 0.25) is 0 Å². The Balaban J connectivity index is 3.59. The standard InChI is InChI=1S/C26H52O4S/c1-3-5-7-9-10-11-12-13-14-15-16-17-18-19-20-22-24-26(23-21-8-6-4-2)25-30-31(27,28)29/h21,23,26H,3-20,22,24-25H2,1-2H3,(H,27,28,29)/b23-21+. The van der Waals surface area contributed by atoms with E-state index >= 15 is 0 Å². The number of rotatable bonds is 24. The lowest BCUT2D eigenvalue weighted by Crippen LogP contribution is -2.12. The van der Waals surface area contributed by atoms with E-state index in [-0.39, 0.29) is 12.5 Å². The molecule has 0 spiro atoms. The van der Waals surface area contributed by atoms with Crippen molar-refractivity contribution >= 4 is 10.4 Å². The van der Waals surface area contributed by atoms with Crippen molar-refractivity contribution in [2.45, 2.75) is 142 Å². The maximum Gasteiger partial charge on any atom is 0.397 e. The highest BCUT2D eigenvalue weighted by Gasteiger charge is 2.11. The molecule has 1 atom stereocenters. The molecule has 0 saturated heterocycles. The van der Waals surface area contributed by atoms with E-state index in [2.05, 4.69) is 30.2 Å². The van der Waals surface area contributed by atoms with Crippen molar-refractivity contribution in [2.75, 3.05) is 6.61 Å². The van der Waals surface area contributed by atoms with E-state index < -0.39 is 10.4 Å². The van der Waals surface area contributed by atoms with Crippen LogP contribution in [0.4, 0.5) is 0 Å². The molecule has 0 radical (unpaired) electrons. The molecule has 0 aliphatic heterocycles. The van der Waals surface area contributed by atoms with Gasteiger partial charge in [0.15, 0.2) is 0 Å². The molecule has 0 aromatic heterocycles. The minimum Gasteiger partial charge on any atom is -0.264 e. The lowest BCUT2D eigenvalue weighted by Gasteiger charge is -2.12. The molecule has 0 aliphatic carbocycles. The van der Waals surface area contributed by atoms with Gasteiger partial charge < -0.3 is 0 Å². The van der Waals surface area contributed by atoms with Crippen LogP contribution >= 0.6 is 0 Å². The molecule has 0 aromatic rings. The molecule has 0 heterocycles. The molecule has 0 rings (SSSR count). The molecule has 0 aromatic carbocycles. The second-order valence-corrected chi connectivity index (χ2v) is 10.2. The molecule has 0 fully saturated rings. The number of allylic oxidation sites excluding steroid dienone is 1. The van der Waals surface area contributed by atoms with Gasteiger partial charge >= 0.3 is 10.4 Å². The number of hydrogen-bond acceptors (Lipinski definition) is 3. The molecule has 0 amide bonds. The van der Waals surface area contributed by atoms with Gasteiger partial charge in [-0.25, -0.2) is 4.18 Å². The highest BCUT2D eigenvalue weighted by atomic mass is 32.3. The first-order valence-electron chi connectivity index (χ1n) is 13.3. The summed E-state index contributed by atoms with van der Waals surface area (Å²) < 4.78 is 35.1. The van der Waals surface area contributed by atoms with E-state index in [9.17, 15) is 8.42 Å². The van der Waals surface area contributed by atoms with E-state index in [1.54, 1.807) is 0 Å². The van der Waals surface area contributed by atoms with Crippen LogP contribution in [0.5, 0.6) is 0 Å². The third-order valence-corrected chi connectivity index (χ3v) is 6.43. The monoisotopic (exact) mass is 460 g/mol. The summed E-state index contributed by atoms with van der Waals surface area (Å²) in [5.41, 5.74) is 0. The molecular weight excluding hydrogens is 408 g/mol. The van der Waals surface area contributed by atoms with Crippen LogP contribution in [0.25, 0.3) is 0 Å². The summed E-state index contributed by atoms with van der Waals surface area (Å²) in [4.78, 5) is 0. The third kappa shape index (κ3) is 25.7. The molecule has 31 heavy (non-hydrogen) atoms. The van der Waals surface area contributed by atoms with Gasteiger partial charge in [-0.3, -0.25) is 4.55 Å². The van der Waals surface area contributed by atoms with E-state index in [0.717, 1.165) is 32.1 Å². The van der Waals surface area contributed by atoms with Crippen LogP contribution in [-0.4, -0.2) is 19.6 Å². The number of hydrogen-bond donors (Lipinski definition) is 1. The first-order valence-corrected chi connectivity index (χ1v) is 14.6. The van der Waals surface area contributed by atoms with Gasteiger partial charge in [0.1, 0.15) is 0 Å². The van der Waals surface area contributed by atoms with Gasteiger partial charge in [-0.15, -0.1) is 0 Å². The Morgan fingerprint density at radius 2 is 1.10 bits per heavy atom. The smallest absolute Gasteiger partial charge is 0.264 e. The van der Waals surface area contributed by atoms with Crippen molar-refractivity contribution in [3.8, 4) is 0 Å². The molecule has 1 unspecified atom stereocenters. The van der Waals surface area contributed by atoms with E-state index in [4.69, 9.17) is 4.55 Å². The van der Waals surface area contributed by atoms with Crippen LogP contribution in [-0.2, 0) is 14.6 Å². The predicted molar refractivity (Wildman–Crippen MR) is 134 cm³/mol. The molecular formula is C26H52O4S. The van der Waals surface area contributed by atoms with Crippen molar-refractivity contribution in [3.05, 3.63) is 12.2 Å². The second-order valence-electron chi connectivity index (χ2n) is 9.13. The molecule has 186 valence electrons. The summed E-state index contributed by atoms with van der Waals surface area (Å²) in [5, 5.41) is 0. The molecule has 0 saturated carbocycles. The SMILES string of the molecule is CCCC/C=C/C(CCCCCCCCCCCCCCCCCC)COS(=O)(=O)O. The summed E-state index contributed by atoms with van der Waals surface area (Å²) in [6.07, 6.45) is 30.0. The van der Waals surface area contributed by atoms with Gasteiger partial charge in [-0.05, 0) is 12.8 Å². The first-order chi connectivity index (χ1) is 15.0. The predicted octanol–water partition coefficient (Wildman–Crippen LogP) is 8.82. The van der Waals surface area contributed by atoms with Gasteiger partial charge in [0.2, 0.25) is 0 Å². The zero-order chi connectivity index (χ0) is 23.0. The number of unbranched alkanes of at least 4 members (excludes halogenated alkanes) is 17. The Labute approximate surface area is 194 Å². The quantitative estimate of drug-likeness (QED) is 0.0887. The summed E-state index contributed by atoms with van der Waals surface area (Å²) in [5.74, 6) is 0.0606. The molecule has 0 bridgehead atoms. The summed E-state index contributed by atoms with van der Waals surface area (Å²) in [6, 6.07) is 0. The minimum atomic E-state index is -4.35. The summed E-state index contributed by atoms with van der Waals surface area (Å²) >= 11 is 0. The van der Waals surface area contributed by atoms with Crippen LogP contribution in [0.3, 0.4) is 0 Å². The molecule has 1 N–H and O–H groups in total. The first kappa shape index (κ1) is 30.6. The van der Waals surface area contributed by atoms with Gasteiger partial charge in [-0.2, -0.15) is 8.42 Å². The Kier molecular flexibility index (Phi) is 22.5. The third-order valence-electron chi connectivity index (χ3n) is 5.99. The summed E-state index contributed by atoms with van der Waals surface area (Å²) in [6.45, 7) is 4.47. The normalized spacial score (nSPS) is 13.3. The maximum absolute atomic E-state index is 10.8. The van der Waals surface area contributed by atoms with Gasteiger partial charge in [0.05, 0.1) is 6.61 Å². The van der Waals surface area contributed by atoms with Crippen LogP contribution in [0, 0.1) is 5.92 Å². The van der Waals surface area contributed by atoms with Gasteiger partial charge in [0, 0.05) is 5.92 Å². The van der Waals surface area contributed by atoms with Crippen molar-refractivity contribution in [1.29, 1.82) is 0 Å². The maximum atomic E-state index is 10.8. The fraction of sp³-hybridized carbons (Fsp3) is 0.923. The Morgan fingerprint density at radius 1 is 0.677 bits per heavy atom. The summed E-state index contributed by atoms with van der Waals surface area (Å²) in [7, 11) is -4.35. The Morgan fingerprint density at radius 3 is 1.52 bits per heavy atom. The molecule has 5 heteroatoms. The van der Waals surface area contributed by atoms with Crippen molar-refractivity contribution in [3.63, 3.8) is 0 Å². The Bertz CT molecular complexity index is 488.